The zero-order valence-corrected chi connectivity index (χ0v) is 10.1. The number of nitrogens with one attached hydrogen (secondary N) is 1. The van der Waals surface area contributed by atoms with Crippen LogP contribution in [0.15, 0.2) is 6.07 Å². The molecule has 0 fully saturated rings. The van der Waals surface area contributed by atoms with Gasteiger partial charge in [0.25, 0.3) is 0 Å². The van der Waals surface area contributed by atoms with Crippen molar-refractivity contribution in [1.29, 1.82) is 0 Å². The second kappa shape index (κ2) is 5.65. The number of nitrogens with two attached hydrogens (primary N) is 1. The number of anilines is 2. The highest BCUT2D eigenvalue weighted by Crippen LogP contribution is 2.13. The number of nitrogens with zero attached hydrogens (tertiary/aromatic N) is 2. The van der Waals surface area contributed by atoms with Crippen LogP contribution >= 0.6 is 0 Å². The molecule has 1 heterocycles. The molecule has 0 aromatic carbocycles. The maximum Gasteiger partial charge on any atom is 0.132 e. The summed E-state index contributed by atoms with van der Waals surface area (Å²) in [7, 11) is 0. The number of aromatic nitrogens is 2. The molecule has 90 valence electrons. The van der Waals surface area contributed by atoms with Gasteiger partial charge in [-0.3, -0.25) is 0 Å². The van der Waals surface area contributed by atoms with Crippen molar-refractivity contribution in [3.05, 3.63) is 11.9 Å². The van der Waals surface area contributed by atoms with E-state index >= 15 is 0 Å². The lowest BCUT2D eigenvalue weighted by atomic mass is 10.1. The van der Waals surface area contributed by atoms with Gasteiger partial charge in [0.15, 0.2) is 0 Å². The zero-order chi connectivity index (χ0) is 12.1. The number of hydrogen-bond donors (Lipinski definition) is 3. The lowest BCUT2D eigenvalue weighted by molar-refractivity contribution is 0.226. The van der Waals surface area contributed by atoms with Gasteiger partial charge in [0, 0.05) is 25.1 Å². The Morgan fingerprint density at radius 2 is 2.12 bits per heavy atom. The van der Waals surface area contributed by atoms with Crippen LogP contribution in [0.4, 0.5) is 11.6 Å². The molecule has 2 unspecified atom stereocenters. The molecule has 0 radical (unpaired) electrons. The maximum atomic E-state index is 9.04. The average Bonchev–Trinajstić information content (AvgIpc) is 2.26. The van der Waals surface area contributed by atoms with E-state index in [1.807, 2.05) is 20.8 Å². The first kappa shape index (κ1) is 12.7. The van der Waals surface area contributed by atoms with Crippen LogP contribution in [-0.4, -0.2) is 27.7 Å². The summed E-state index contributed by atoms with van der Waals surface area (Å²) in [5.74, 6) is 2.09. The summed E-state index contributed by atoms with van der Waals surface area (Å²) in [6.07, 6.45) is 0.754. The molecule has 0 amide bonds. The van der Waals surface area contributed by atoms with Gasteiger partial charge in [0.05, 0.1) is 0 Å². The van der Waals surface area contributed by atoms with E-state index in [0.717, 1.165) is 18.1 Å². The summed E-state index contributed by atoms with van der Waals surface area (Å²) in [6.45, 7) is 6.11. The zero-order valence-electron chi connectivity index (χ0n) is 10.1. The molecule has 0 bridgehead atoms. The molecule has 0 saturated heterocycles. The third-order valence-electron chi connectivity index (χ3n) is 2.63. The molecule has 0 aliphatic carbocycles. The van der Waals surface area contributed by atoms with Crippen molar-refractivity contribution >= 4 is 11.6 Å². The van der Waals surface area contributed by atoms with Crippen LogP contribution in [0.5, 0.6) is 0 Å². The second-order valence-electron chi connectivity index (χ2n) is 4.04. The van der Waals surface area contributed by atoms with E-state index in [2.05, 4.69) is 15.3 Å². The topological polar surface area (TPSA) is 84.1 Å². The first-order chi connectivity index (χ1) is 7.56. The van der Waals surface area contributed by atoms with Crippen LogP contribution in [-0.2, 0) is 6.42 Å². The normalized spacial score (nSPS) is 14.5. The molecule has 0 saturated carbocycles. The standard InChI is InChI=1S/C11H20N4O/c1-4-10-14-9(12)5-11(15-10)13-8(3)7(2)6-16/h5,7-8,16H,4,6H2,1-3H3,(H3,12,13,14,15). The van der Waals surface area contributed by atoms with Gasteiger partial charge >= 0.3 is 0 Å². The maximum absolute atomic E-state index is 9.04. The van der Waals surface area contributed by atoms with E-state index in [-0.39, 0.29) is 18.6 Å². The van der Waals surface area contributed by atoms with Crippen molar-refractivity contribution in [3.63, 3.8) is 0 Å². The molecular formula is C11H20N4O. The van der Waals surface area contributed by atoms with Gasteiger partial charge in [-0.2, -0.15) is 0 Å². The number of aliphatic hydroxyl groups is 1. The van der Waals surface area contributed by atoms with Gasteiger partial charge in [-0.1, -0.05) is 13.8 Å². The minimum Gasteiger partial charge on any atom is -0.396 e. The van der Waals surface area contributed by atoms with Crippen molar-refractivity contribution in [1.82, 2.24) is 9.97 Å². The first-order valence-corrected chi connectivity index (χ1v) is 5.57. The van der Waals surface area contributed by atoms with Crippen molar-refractivity contribution in [2.24, 2.45) is 5.92 Å². The van der Waals surface area contributed by atoms with Gasteiger partial charge in [0.1, 0.15) is 17.5 Å². The van der Waals surface area contributed by atoms with Crippen molar-refractivity contribution in [2.75, 3.05) is 17.7 Å². The summed E-state index contributed by atoms with van der Waals surface area (Å²) < 4.78 is 0. The molecule has 4 N–H and O–H groups in total. The number of aryl methyl sites for hydroxylation is 1. The van der Waals surface area contributed by atoms with Crippen LogP contribution in [0.1, 0.15) is 26.6 Å². The Bertz CT molecular complexity index is 343. The highest BCUT2D eigenvalue weighted by Gasteiger charge is 2.12. The Morgan fingerprint density at radius 3 is 2.69 bits per heavy atom. The van der Waals surface area contributed by atoms with E-state index in [0.29, 0.717) is 5.82 Å². The molecular weight excluding hydrogens is 204 g/mol. The van der Waals surface area contributed by atoms with Crippen molar-refractivity contribution in [3.8, 4) is 0 Å². The Hall–Kier alpha value is -1.36. The summed E-state index contributed by atoms with van der Waals surface area (Å²) in [5.41, 5.74) is 5.68. The molecule has 0 aliphatic heterocycles. The minimum absolute atomic E-state index is 0.143. The predicted octanol–water partition coefficient (Wildman–Crippen LogP) is 1.05. The SMILES string of the molecule is CCc1nc(N)cc(NC(C)C(C)CO)n1. The lowest BCUT2D eigenvalue weighted by Crippen LogP contribution is -2.27. The highest BCUT2D eigenvalue weighted by atomic mass is 16.3. The number of nitrogen functional groups attached to an aromatic ring is 1. The lowest BCUT2D eigenvalue weighted by Gasteiger charge is -2.20. The second-order valence-corrected chi connectivity index (χ2v) is 4.04. The summed E-state index contributed by atoms with van der Waals surface area (Å²) in [5, 5.41) is 12.3. The summed E-state index contributed by atoms with van der Waals surface area (Å²) in [6, 6.07) is 1.85. The van der Waals surface area contributed by atoms with Crippen LogP contribution in [0, 0.1) is 5.92 Å². The monoisotopic (exact) mass is 224 g/mol. The fourth-order valence-electron chi connectivity index (χ4n) is 1.28. The molecule has 0 spiro atoms. The summed E-state index contributed by atoms with van der Waals surface area (Å²) in [4.78, 5) is 8.43. The molecule has 16 heavy (non-hydrogen) atoms. The smallest absolute Gasteiger partial charge is 0.132 e. The van der Waals surface area contributed by atoms with E-state index in [1.165, 1.54) is 0 Å². The van der Waals surface area contributed by atoms with Crippen LogP contribution in [0.25, 0.3) is 0 Å². The van der Waals surface area contributed by atoms with Gasteiger partial charge in [0.2, 0.25) is 0 Å². The Morgan fingerprint density at radius 1 is 1.44 bits per heavy atom. The van der Waals surface area contributed by atoms with Crippen molar-refractivity contribution < 1.29 is 5.11 Å². The van der Waals surface area contributed by atoms with E-state index in [9.17, 15) is 0 Å². The number of rotatable bonds is 5. The highest BCUT2D eigenvalue weighted by molar-refractivity contribution is 5.45. The van der Waals surface area contributed by atoms with Gasteiger partial charge in [-0.15, -0.1) is 0 Å². The minimum atomic E-state index is 0.143. The Kier molecular flexibility index (Phi) is 4.49. The van der Waals surface area contributed by atoms with Crippen LogP contribution in [0.3, 0.4) is 0 Å². The van der Waals surface area contributed by atoms with E-state index in [1.54, 1.807) is 6.07 Å². The largest absolute Gasteiger partial charge is 0.396 e. The third kappa shape index (κ3) is 3.34. The fourth-order valence-corrected chi connectivity index (χ4v) is 1.28. The fraction of sp³-hybridized carbons (Fsp3) is 0.636. The van der Waals surface area contributed by atoms with Gasteiger partial charge < -0.3 is 16.2 Å². The third-order valence-corrected chi connectivity index (χ3v) is 2.63. The molecule has 1 aromatic heterocycles. The van der Waals surface area contributed by atoms with E-state index < -0.39 is 0 Å². The Labute approximate surface area is 96.1 Å². The Balaban J connectivity index is 2.76. The van der Waals surface area contributed by atoms with Crippen molar-refractivity contribution in [2.45, 2.75) is 33.2 Å². The molecule has 1 rings (SSSR count). The van der Waals surface area contributed by atoms with E-state index in [4.69, 9.17) is 10.8 Å². The van der Waals surface area contributed by atoms with Crippen LogP contribution in [0.2, 0.25) is 0 Å². The molecule has 0 aliphatic rings. The molecule has 5 heteroatoms. The molecule has 1 aromatic rings. The predicted molar refractivity (Wildman–Crippen MR) is 65.2 cm³/mol. The van der Waals surface area contributed by atoms with Crippen LogP contribution < -0.4 is 11.1 Å². The average molecular weight is 224 g/mol. The quantitative estimate of drug-likeness (QED) is 0.696. The van der Waals surface area contributed by atoms with Gasteiger partial charge in [-0.25, -0.2) is 9.97 Å². The number of aliphatic hydroxyl groups excluding tert-OH is 1. The molecule has 5 nitrogen and oxygen atoms in total. The first-order valence-electron chi connectivity index (χ1n) is 5.57. The summed E-state index contributed by atoms with van der Waals surface area (Å²) >= 11 is 0. The molecule has 2 atom stereocenters. The van der Waals surface area contributed by atoms with Gasteiger partial charge in [-0.05, 0) is 12.8 Å². The number of hydrogen-bond acceptors (Lipinski definition) is 5.